The van der Waals surface area contributed by atoms with Crippen molar-refractivity contribution in [1.29, 1.82) is 0 Å². The summed E-state index contributed by atoms with van der Waals surface area (Å²) in [5.74, 6) is -4.73. The molecule has 0 unspecified atom stereocenters. The van der Waals surface area contributed by atoms with Crippen LogP contribution in [-0.4, -0.2) is 130 Å². The third-order valence-electron chi connectivity index (χ3n) is 4.72. The summed E-state index contributed by atoms with van der Waals surface area (Å²) in [5, 5.41) is 9.60. The predicted octanol–water partition coefficient (Wildman–Crippen LogP) is 1.09. The number of sulfone groups is 1. The summed E-state index contributed by atoms with van der Waals surface area (Å²) in [6.45, 7) is -2.91. The molecule has 0 bridgehead atoms. The molecule has 1 aromatic carbocycles. The second-order valence-electron chi connectivity index (χ2n) is 8.01. The summed E-state index contributed by atoms with van der Waals surface area (Å²) >= 11 is 6.11. The van der Waals surface area contributed by atoms with Gasteiger partial charge in [0.05, 0.1) is 29.4 Å². The van der Waals surface area contributed by atoms with Gasteiger partial charge >= 0.3 is 71.1 Å². The van der Waals surface area contributed by atoms with Crippen LogP contribution >= 0.6 is 19.2 Å². The predicted molar refractivity (Wildman–Crippen MR) is 132 cm³/mol. The molecule has 1 aromatic rings. The van der Waals surface area contributed by atoms with Crippen LogP contribution in [0.1, 0.15) is 35.2 Å². The van der Waals surface area contributed by atoms with Gasteiger partial charge in [-0.25, -0.2) is 8.42 Å². The minimum absolute atomic E-state index is 0. The molecule has 216 valence electrons. The number of alkyl halides is 3. The van der Waals surface area contributed by atoms with E-state index < -0.39 is 88.8 Å². The maximum atomic E-state index is 12.7. The fraction of sp³-hybridized carbons (Fsp3) is 0.500. The molecule has 1 aliphatic carbocycles. The molecule has 1 fully saturated rings. The van der Waals surface area contributed by atoms with Gasteiger partial charge in [0.1, 0.15) is 12.5 Å². The molecule has 39 heavy (non-hydrogen) atoms. The zero-order valence-corrected chi connectivity index (χ0v) is 22.1. The SMILES string of the molecule is CS(=O)(=O)c1ccc(C(=O)C2C(=O)CCCC2=O)c(Cl)c1COCC(F)(F)F.O=C(O)CNCP(=O)(O)O.[KH]. The van der Waals surface area contributed by atoms with E-state index in [1.165, 1.54) is 0 Å². The topological polar surface area (TPSA) is 201 Å². The Hall–Kier alpha value is -0.564. The Morgan fingerprint density at radius 2 is 1.72 bits per heavy atom. The van der Waals surface area contributed by atoms with Gasteiger partial charge in [-0.3, -0.25) is 29.1 Å². The number of Topliss-reactive ketones (excluding diaryl/α,β-unsaturated/α-hetero) is 3. The van der Waals surface area contributed by atoms with E-state index in [9.17, 15) is 45.3 Å². The minimum atomic E-state index is -4.65. The number of ketones is 3. The third-order valence-corrected chi connectivity index (χ3v) is 6.97. The number of nitrogens with one attached hydrogen (secondary N) is 1. The zero-order chi connectivity index (χ0) is 29.5. The normalized spacial score (nSPS) is 14.7. The van der Waals surface area contributed by atoms with Crippen molar-refractivity contribution in [2.24, 2.45) is 5.92 Å². The molecule has 4 N–H and O–H groups in total. The molecule has 0 atom stereocenters. The van der Waals surface area contributed by atoms with Crippen LogP contribution in [0, 0.1) is 5.92 Å². The van der Waals surface area contributed by atoms with Crippen LogP contribution in [-0.2, 0) is 40.1 Å². The number of carboxylic acids is 1. The van der Waals surface area contributed by atoms with Crippen LogP contribution < -0.4 is 5.32 Å². The molecule has 1 saturated carbocycles. The average Bonchev–Trinajstić information content (AvgIpc) is 2.72. The molecular weight excluding hydrogens is 625 g/mol. The van der Waals surface area contributed by atoms with E-state index in [0.29, 0.717) is 6.42 Å². The van der Waals surface area contributed by atoms with Gasteiger partial charge in [0.2, 0.25) is 0 Å². The molecule has 0 aliphatic heterocycles. The van der Waals surface area contributed by atoms with Crippen molar-refractivity contribution in [3.8, 4) is 0 Å². The monoisotopic (exact) mass is 649 g/mol. The van der Waals surface area contributed by atoms with Crippen molar-refractivity contribution in [3.63, 3.8) is 0 Å². The average molecular weight is 650 g/mol. The van der Waals surface area contributed by atoms with Gasteiger partial charge in [-0.05, 0) is 18.6 Å². The van der Waals surface area contributed by atoms with Gasteiger partial charge in [-0.1, -0.05) is 11.6 Å². The number of carboxylic acid groups (broad SMARTS) is 1. The first-order valence-electron chi connectivity index (χ1n) is 10.5. The number of carbonyl (C=O) groups excluding carboxylic acids is 3. The van der Waals surface area contributed by atoms with Crippen molar-refractivity contribution in [2.45, 2.75) is 36.9 Å². The summed E-state index contributed by atoms with van der Waals surface area (Å²) in [7, 11) is -8.00. The summed E-state index contributed by atoms with van der Waals surface area (Å²) in [5.41, 5.74) is -0.650. The summed E-state index contributed by atoms with van der Waals surface area (Å²) in [6.07, 6.45) is -4.00. The molecule has 1 aliphatic rings. The van der Waals surface area contributed by atoms with Gasteiger partial charge in [0.15, 0.2) is 27.2 Å². The Kier molecular flexibility index (Phi) is 15.9. The number of rotatable bonds is 10. The van der Waals surface area contributed by atoms with Crippen molar-refractivity contribution in [2.75, 3.05) is 25.7 Å². The van der Waals surface area contributed by atoms with Gasteiger partial charge in [0.25, 0.3) is 0 Å². The Balaban J connectivity index is 0.00000112. The van der Waals surface area contributed by atoms with Crippen molar-refractivity contribution >= 4 is 104 Å². The standard InChI is InChI=1S/C17H16ClF3O6S.C3H8NO5P.K.H/c1-28(25,26)13-6-5-9(15(18)10(13)7-27-8-17(19,20)21)16(24)14-11(22)3-2-4-12(14)23;5-3(6)1-4-2-10(7,8)9;;/h5-6,14H,2-4,7-8H2,1H3;4H,1-2H2,(H,5,6)(H2,7,8,9);;. The van der Waals surface area contributed by atoms with Crippen LogP contribution in [0.4, 0.5) is 13.2 Å². The molecule has 0 aromatic heterocycles. The molecule has 0 amide bonds. The van der Waals surface area contributed by atoms with Crippen LogP contribution in [0.5, 0.6) is 0 Å². The summed E-state index contributed by atoms with van der Waals surface area (Å²) in [6, 6.07) is 2.04. The van der Waals surface area contributed by atoms with E-state index in [4.69, 9.17) is 26.5 Å². The van der Waals surface area contributed by atoms with Gasteiger partial charge < -0.3 is 19.6 Å². The number of hydrogen-bond acceptors (Lipinski definition) is 9. The molecule has 2 rings (SSSR count). The van der Waals surface area contributed by atoms with E-state index in [1.807, 2.05) is 0 Å². The Labute approximate surface area is 268 Å². The fourth-order valence-electron chi connectivity index (χ4n) is 3.21. The quantitative estimate of drug-likeness (QED) is 0.122. The maximum absolute atomic E-state index is 12.7. The molecule has 12 nitrogen and oxygen atoms in total. The van der Waals surface area contributed by atoms with Crippen molar-refractivity contribution in [1.82, 2.24) is 5.32 Å². The van der Waals surface area contributed by atoms with Gasteiger partial charge in [-0.15, -0.1) is 0 Å². The Morgan fingerprint density at radius 3 is 2.15 bits per heavy atom. The first-order valence-corrected chi connectivity index (χ1v) is 14.5. The van der Waals surface area contributed by atoms with Crippen molar-refractivity contribution < 1.29 is 65.0 Å². The molecule has 0 saturated heterocycles. The van der Waals surface area contributed by atoms with Crippen molar-refractivity contribution in [3.05, 3.63) is 28.3 Å². The number of carbonyl (C=O) groups is 4. The number of hydrogen-bond donors (Lipinski definition) is 4. The molecular formula is C20H25ClF3KNO11PS. The van der Waals surface area contributed by atoms with E-state index >= 15 is 0 Å². The fourth-order valence-corrected chi connectivity index (χ4v) is 4.90. The molecule has 19 heteroatoms. The van der Waals surface area contributed by atoms with Crippen LogP contribution in [0.2, 0.25) is 5.02 Å². The van der Waals surface area contributed by atoms with Crippen LogP contribution in [0.15, 0.2) is 17.0 Å². The van der Waals surface area contributed by atoms with Crippen LogP contribution in [0.3, 0.4) is 0 Å². The number of halogens is 4. The molecule has 0 heterocycles. The van der Waals surface area contributed by atoms with E-state index in [0.717, 1.165) is 18.4 Å². The summed E-state index contributed by atoms with van der Waals surface area (Å²) < 4.78 is 75.4. The molecule has 0 spiro atoms. The van der Waals surface area contributed by atoms with Gasteiger partial charge in [-0.2, -0.15) is 13.2 Å². The first-order chi connectivity index (χ1) is 17.2. The number of benzene rings is 1. The van der Waals surface area contributed by atoms with Crippen LogP contribution in [0.25, 0.3) is 0 Å². The zero-order valence-electron chi connectivity index (χ0n) is 19.7. The van der Waals surface area contributed by atoms with E-state index in [-0.39, 0.29) is 75.4 Å². The Morgan fingerprint density at radius 1 is 1.18 bits per heavy atom. The second-order valence-corrected chi connectivity index (χ2v) is 12.0. The Bertz CT molecular complexity index is 1220. The third kappa shape index (κ3) is 13.8. The number of ether oxygens (including phenoxy) is 1. The summed E-state index contributed by atoms with van der Waals surface area (Å²) in [4.78, 5) is 62.4. The second kappa shape index (κ2) is 16.2. The van der Waals surface area contributed by atoms with Gasteiger partial charge in [0, 0.05) is 30.2 Å². The first kappa shape index (κ1) is 38.4. The number of aliphatic carboxylic acids is 1. The molecule has 0 radical (unpaired) electrons. The van der Waals surface area contributed by atoms with E-state index in [2.05, 4.69) is 10.1 Å². The van der Waals surface area contributed by atoms with E-state index in [1.54, 1.807) is 0 Å².